The lowest BCUT2D eigenvalue weighted by Crippen LogP contribution is -2.41. The van der Waals surface area contributed by atoms with Gasteiger partial charge in [0, 0.05) is 13.1 Å². The van der Waals surface area contributed by atoms with Gasteiger partial charge in [0.15, 0.2) is 0 Å². The van der Waals surface area contributed by atoms with Crippen molar-refractivity contribution in [2.45, 2.75) is 90.5 Å². The molecule has 4 rings (SSSR count). The summed E-state index contributed by atoms with van der Waals surface area (Å²) in [5, 5.41) is 5.68. The van der Waals surface area contributed by atoms with E-state index in [2.05, 4.69) is 10.6 Å². The topological polar surface area (TPSA) is 117 Å². The van der Waals surface area contributed by atoms with E-state index in [1.165, 1.54) is 9.80 Å². The van der Waals surface area contributed by atoms with Gasteiger partial charge in [0.05, 0.1) is 12.2 Å². The number of urea groups is 2. The molecule has 2 aromatic rings. The maximum Gasteiger partial charge on any atom is 0.325 e. The number of hydrogen-bond acceptors (Lipinski definition) is 6. The van der Waals surface area contributed by atoms with Gasteiger partial charge in [-0.25, -0.2) is 9.59 Å². The van der Waals surface area contributed by atoms with Crippen molar-refractivity contribution >= 4 is 23.9 Å². The van der Waals surface area contributed by atoms with Gasteiger partial charge in [0.25, 0.3) is 11.8 Å². The molecular formula is C32H42N4O6. The number of carbonyl (C=O) groups is 4. The number of hydrogen-bond donors (Lipinski definition) is 2. The molecule has 0 saturated carbocycles. The summed E-state index contributed by atoms with van der Waals surface area (Å²) in [4.78, 5) is 54.3. The Morgan fingerprint density at radius 2 is 0.929 bits per heavy atom. The largest absolute Gasteiger partial charge is 0.491 e. The molecule has 2 saturated heterocycles. The Labute approximate surface area is 247 Å². The molecule has 2 atom stereocenters. The van der Waals surface area contributed by atoms with Crippen LogP contribution in [0.1, 0.15) is 78.4 Å². The van der Waals surface area contributed by atoms with Crippen LogP contribution in [0.5, 0.6) is 11.5 Å². The summed E-state index contributed by atoms with van der Waals surface area (Å²) in [5.41, 5.74) is -0.879. The van der Waals surface area contributed by atoms with Gasteiger partial charge in [-0.3, -0.25) is 19.4 Å². The van der Waals surface area contributed by atoms with E-state index in [9.17, 15) is 19.2 Å². The summed E-state index contributed by atoms with van der Waals surface area (Å²) in [6.07, 6.45) is 2.81. The fraction of sp³-hybridized carbons (Fsp3) is 0.500. The van der Waals surface area contributed by atoms with Crippen LogP contribution in [0.25, 0.3) is 0 Å². The Morgan fingerprint density at radius 3 is 1.24 bits per heavy atom. The first kappa shape index (κ1) is 30.9. The minimum atomic E-state index is -1.13. The van der Waals surface area contributed by atoms with Crippen LogP contribution in [-0.4, -0.2) is 59.0 Å². The van der Waals surface area contributed by atoms with Gasteiger partial charge in [-0.05, 0) is 89.8 Å². The van der Waals surface area contributed by atoms with Crippen molar-refractivity contribution in [2.75, 3.05) is 13.1 Å². The number of imide groups is 2. The molecule has 0 spiro atoms. The summed E-state index contributed by atoms with van der Waals surface area (Å²) in [5.74, 6) is 0.837. The number of nitrogens with zero attached hydrogens (tertiary/aromatic N) is 2. The molecule has 10 heteroatoms. The van der Waals surface area contributed by atoms with Crippen LogP contribution in [0, 0.1) is 0 Å². The standard InChI is InChI=1S/C32H42N4O6/c1-21(2)41-25-15-11-23(12-16-25)31(5)27(37)35(29(39)33-31)19-9-7-8-10-20-36-28(38)32(6,34-30(36)40)24-13-17-26(18-14-24)42-22(3)4/h11-18,21-22H,7-10,19-20H2,1-6H3,(H,33,39)(H,34,40)/t31-,32-/m0/s1. The molecule has 10 nitrogen and oxygen atoms in total. The molecule has 2 aliphatic rings. The first-order valence-corrected chi connectivity index (χ1v) is 14.7. The minimum absolute atomic E-state index is 0.0382. The molecule has 226 valence electrons. The number of benzene rings is 2. The van der Waals surface area contributed by atoms with Crippen molar-refractivity contribution in [1.29, 1.82) is 0 Å². The Hall–Kier alpha value is -4.08. The molecule has 0 aliphatic carbocycles. The van der Waals surface area contributed by atoms with Gasteiger partial charge < -0.3 is 20.1 Å². The van der Waals surface area contributed by atoms with Gasteiger partial charge in [0.1, 0.15) is 22.6 Å². The fourth-order valence-corrected chi connectivity index (χ4v) is 5.36. The first-order valence-electron chi connectivity index (χ1n) is 14.7. The molecule has 0 radical (unpaired) electrons. The zero-order valence-electron chi connectivity index (χ0n) is 25.4. The SMILES string of the molecule is CC(C)Oc1ccc([C@]2(C)NC(=O)N(CCCCCCN3C(=O)N[C@@](C)(c4ccc(OC(C)C)cc4)C3=O)C2=O)cc1. The third-order valence-corrected chi connectivity index (χ3v) is 7.67. The van der Waals surface area contributed by atoms with E-state index in [1.54, 1.807) is 62.4 Å². The molecule has 6 amide bonds. The first-order chi connectivity index (χ1) is 19.8. The lowest BCUT2D eigenvalue weighted by molar-refractivity contribution is -0.132. The Morgan fingerprint density at radius 1 is 0.595 bits per heavy atom. The van der Waals surface area contributed by atoms with E-state index in [4.69, 9.17) is 9.47 Å². The minimum Gasteiger partial charge on any atom is -0.491 e. The van der Waals surface area contributed by atoms with E-state index in [0.29, 0.717) is 48.6 Å². The van der Waals surface area contributed by atoms with Crippen LogP contribution in [-0.2, 0) is 20.7 Å². The number of unbranched alkanes of at least 4 members (excludes halogenated alkanes) is 3. The summed E-state index contributed by atoms with van der Waals surface area (Å²) in [6.45, 7) is 11.8. The third kappa shape index (κ3) is 6.37. The maximum atomic E-state index is 13.2. The number of rotatable bonds is 13. The molecule has 42 heavy (non-hydrogen) atoms. The molecule has 2 aliphatic heterocycles. The number of carbonyl (C=O) groups excluding carboxylic acids is 4. The third-order valence-electron chi connectivity index (χ3n) is 7.67. The maximum absolute atomic E-state index is 13.2. The summed E-state index contributed by atoms with van der Waals surface area (Å²) >= 11 is 0. The van der Waals surface area contributed by atoms with Crippen LogP contribution in [0.3, 0.4) is 0 Å². The van der Waals surface area contributed by atoms with Crippen LogP contribution in [0.4, 0.5) is 9.59 Å². The molecule has 2 N–H and O–H groups in total. The second-order valence-corrected chi connectivity index (χ2v) is 11.8. The van der Waals surface area contributed by atoms with E-state index in [1.807, 2.05) is 27.7 Å². The predicted molar refractivity (Wildman–Crippen MR) is 158 cm³/mol. The van der Waals surface area contributed by atoms with Crippen LogP contribution in [0.15, 0.2) is 48.5 Å². The van der Waals surface area contributed by atoms with E-state index in [0.717, 1.165) is 12.8 Å². The van der Waals surface area contributed by atoms with Gasteiger partial charge in [-0.1, -0.05) is 37.1 Å². The monoisotopic (exact) mass is 578 g/mol. The van der Waals surface area contributed by atoms with Crippen LogP contribution < -0.4 is 20.1 Å². The zero-order chi connectivity index (χ0) is 30.7. The molecule has 0 unspecified atom stereocenters. The number of amides is 6. The zero-order valence-corrected chi connectivity index (χ0v) is 25.4. The summed E-state index contributed by atoms with van der Waals surface area (Å²) < 4.78 is 11.4. The molecular weight excluding hydrogens is 536 g/mol. The smallest absolute Gasteiger partial charge is 0.325 e. The highest BCUT2D eigenvalue weighted by Gasteiger charge is 2.49. The summed E-state index contributed by atoms with van der Waals surface area (Å²) in [7, 11) is 0. The highest BCUT2D eigenvalue weighted by molar-refractivity contribution is 6.07. The highest BCUT2D eigenvalue weighted by atomic mass is 16.5. The number of nitrogens with one attached hydrogen (secondary N) is 2. The van der Waals surface area contributed by atoms with Crippen molar-refractivity contribution in [3.05, 3.63) is 59.7 Å². The second-order valence-electron chi connectivity index (χ2n) is 11.8. The quantitative estimate of drug-likeness (QED) is 0.254. The van der Waals surface area contributed by atoms with Gasteiger partial charge >= 0.3 is 12.1 Å². The molecule has 2 heterocycles. The average molecular weight is 579 g/mol. The van der Waals surface area contributed by atoms with Crippen molar-refractivity contribution in [2.24, 2.45) is 0 Å². The van der Waals surface area contributed by atoms with E-state index in [-0.39, 0.29) is 24.0 Å². The predicted octanol–water partition coefficient (Wildman–Crippen LogP) is 5.06. The molecule has 2 fully saturated rings. The van der Waals surface area contributed by atoms with Crippen molar-refractivity contribution in [3.8, 4) is 11.5 Å². The fourth-order valence-electron chi connectivity index (χ4n) is 5.36. The lowest BCUT2D eigenvalue weighted by Gasteiger charge is -2.23. The normalized spacial score (nSPS) is 22.3. The average Bonchev–Trinajstić information content (AvgIpc) is 3.29. The van der Waals surface area contributed by atoms with Gasteiger partial charge in [0.2, 0.25) is 0 Å². The van der Waals surface area contributed by atoms with Crippen molar-refractivity contribution < 1.29 is 28.7 Å². The molecule has 2 aromatic carbocycles. The van der Waals surface area contributed by atoms with Crippen LogP contribution in [0.2, 0.25) is 0 Å². The molecule has 0 aromatic heterocycles. The molecule has 0 bridgehead atoms. The van der Waals surface area contributed by atoms with Crippen molar-refractivity contribution in [3.63, 3.8) is 0 Å². The Bertz CT molecular complexity index is 1210. The summed E-state index contributed by atoms with van der Waals surface area (Å²) in [6, 6.07) is 13.6. The van der Waals surface area contributed by atoms with E-state index < -0.39 is 23.1 Å². The van der Waals surface area contributed by atoms with Crippen molar-refractivity contribution in [1.82, 2.24) is 20.4 Å². The Kier molecular flexibility index (Phi) is 9.13. The highest BCUT2D eigenvalue weighted by Crippen LogP contribution is 2.32. The van der Waals surface area contributed by atoms with Gasteiger partial charge in [-0.2, -0.15) is 0 Å². The lowest BCUT2D eigenvalue weighted by atomic mass is 9.92. The second kappa shape index (κ2) is 12.4. The Balaban J connectivity index is 1.24. The van der Waals surface area contributed by atoms with Crippen LogP contribution >= 0.6 is 0 Å². The van der Waals surface area contributed by atoms with E-state index >= 15 is 0 Å². The number of ether oxygens (including phenoxy) is 2. The van der Waals surface area contributed by atoms with Gasteiger partial charge in [-0.15, -0.1) is 0 Å².